The summed E-state index contributed by atoms with van der Waals surface area (Å²) < 4.78 is 0. The lowest BCUT2D eigenvalue weighted by Gasteiger charge is -2.31. The van der Waals surface area contributed by atoms with Gasteiger partial charge in [-0.05, 0) is 24.6 Å². The van der Waals surface area contributed by atoms with E-state index in [1.807, 2.05) is 0 Å². The number of Topliss-reactive ketones (excluding diaryl/α,β-unsaturated/α-hetero) is 1. The van der Waals surface area contributed by atoms with Gasteiger partial charge in [-0.1, -0.05) is 18.2 Å². The van der Waals surface area contributed by atoms with Crippen LogP contribution in [0.5, 0.6) is 5.75 Å². The zero-order valence-corrected chi connectivity index (χ0v) is 12.9. The van der Waals surface area contributed by atoms with Gasteiger partial charge >= 0.3 is 0 Å². The molecule has 4 rings (SSSR count). The SMILES string of the molecule is C[C@]1(O)CC(=O)c2c(ccc3c2C(=O)c2cccc(O)c2C3=O)C1. The molecule has 1 atom stereocenters. The van der Waals surface area contributed by atoms with Crippen LogP contribution in [0.15, 0.2) is 30.3 Å². The Morgan fingerprint density at radius 3 is 2.29 bits per heavy atom. The molecule has 0 saturated carbocycles. The minimum Gasteiger partial charge on any atom is -0.507 e. The third-order valence-electron chi connectivity index (χ3n) is 4.67. The van der Waals surface area contributed by atoms with Crippen molar-refractivity contribution < 1.29 is 24.6 Å². The third kappa shape index (κ3) is 1.88. The Morgan fingerprint density at radius 1 is 0.875 bits per heavy atom. The number of carbonyl (C=O) groups excluding carboxylic acids is 3. The molecule has 0 amide bonds. The van der Waals surface area contributed by atoms with Gasteiger partial charge in [-0.15, -0.1) is 0 Å². The van der Waals surface area contributed by atoms with Gasteiger partial charge in [0.25, 0.3) is 0 Å². The molecule has 24 heavy (non-hydrogen) atoms. The highest BCUT2D eigenvalue weighted by atomic mass is 16.3. The summed E-state index contributed by atoms with van der Waals surface area (Å²) in [6.45, 7) is 1.58. The zero-order valence-electron chi connectivity index (χ0n) is 12.9. The molecule has 2 aromatic rings. The smallest absolute Gasteiger partial charge is 0.198 e. The maximum Gasteiger partial charge on any atom is 0.198 e. The van der Waals surface area contributed by atoms with Gasteiger partial charge in [0.2, 0.25) is 0 Å². The van der Waals surface area contributed by atoms with E-state index in [1.165, 1.54) is 24.3 Å². The minimum absolute atomic E-state index is 0.0230. The Hall–Kier alpha value is -2.79. The molecule has 0 spiro atoms. The Kier molecular flexibility index (Phi) is 2.84. The highest BCUT2D eigenvalue weighted by Gasteiger charge is 2.40. The molecule has 2 aromatic carbocycles. The van der Waals surface area contributed by atoms with Crippen LogP contribution in [-0.4, -0.2) is 33.2 Å². The van der Waals surface area contributed by atoms with Crippen molar-refractivity contribution in [1.82, 2.24) is 0 Å². The van der Waals surface area contributed by atoms with Crippen LogP contribution in [-0.2, 0) is 6.42 Å². The first kappa shape index (κ1) is 14.8. The van der Waals surface area contributed by atoms with E-state index < -0.39 is 17.2 Å². The number of phenols is 1. The monoisotopic (exact) mass is 322 g/mol. The van der Waals surface area contributed by atoms with Crippen molar-refractivity contribution in [3.8, 4) is 5.75 Å². The lowest BCUT2D eigenvalue weighted by atomic mass is 9.73. The molecule has 5 nitrogen and oxygen atoms in total. The first-order valence-corrected chi connectivity index (χ1v) is 7.63. The molecule has 0 radical (unpaired) electrons. The predicted molar refractivity (Wildman–Crippen MR) is 84.7 cm³/mol. The highest BCUT2D eigenvalue weighted by molar-refractivity contribution is 6.32. The van der Waals surface area contributed by atoms with E-state index >= 15 is 0 Å². The molecule has 2 N–H and O–H groups in total. The number of ketones is 3. The van der Waals surface area contributed by atoms with Crippen molar-refractivity contribution in [3.05, 3.63) is 63.7 Å². The van der Waals surface area contributed by atoms with E-state index in [1.54, 1.807) is 13.0 Å². The summed E-state index contributed by atoms with van der Waals surface area (Å²) in [7, 11) is 0. The summed E-state index contributed by atoms with van der Waals surface area (Å²) in [5.41, 5.74) is -0.0583. The highest BCUT2D eigenvalue weighted by Crippen LogP contribution is 2.38. The van der Waals surface area contributed by atoms with Crippen LogP contribution >= 0.6 is 0 Å². The van der Waals surface area contributed by atoms with Gasteiger partial charge in [0, 0.05) is 35.1 Å². The van der Waals surface area contributed by atoms with E-state index in [4.69, 9.17) is 0 Å². The fourth-order valence-electron chi connectivity index (χ4n) is 3.68. The summed E-state index contributed by atoms with van der Waals surface area (Å²) in [6.07, 6.45) is 0.153. The van der Waals surface area contributed by atoms with Gasteiger partial charge in [-0.25, -0.2) is 0 Å². The Morgan fingerprint density at radius 2 is 1.54 bits per heavy atom. The molecule has 0 bridgehead atoms. The normalized spacial score (nSPS) is 22.0. The largest absolute Gasteiger partial charge is 0.507 e. The van der Waals surface area contributed by atoms with Crippen molar-refractivity contribution >= 4 is 17.3 Å². The molecule has 0 saturated heterocycles. The van der Waals surface area contributed by atoms with Gasteiger partial charge in [0.1, 0.15) is 5.75 Å². The van der Waals surface area contributed by atoms with Crippen molar-refractivity contribution in [1.29, 1.82) is 0 Å². The fraction of sp³-hybridized carbons (Fsp3) is 0.211. The topological polar surface area (TPSA) is 91.7 Å². The van der Waals surface area contributed by atoms with Crippen molar-refractivity contribution in [2.75, 3.05) is 0 Å². The average molecular weight is 322 g/mol. The van der Waals surface area contributed by atoms with Crippen LogP contribution in [0.3, 0.4) is 0 Å². The maximum atomic E-state index is 12.9. The maximum absolute atomic E-state index is 12.9. The molecular weight excluding hydrogens is 308 g/mol. The average Bonchev–Trinajstić information content (AvgIpc) is 2.50. The van der Waals surface area contributed by atoms with E-state index in [-0.39, 0.29) is 52.2 Å². The van der Waals surface area contributed by atoms with Crippen LogP contribution in [0.1, 0.15) is 61.1 Å². The number of phenolic OH excluding ortho intramolecular Hbond substituents is 1. The van der Waals surface area contributed by atoms with Crippen molar-refractivity contribution in [3.63, 3.8) is 0 Å². The van der Waals surface area contributed by atoms with Gasteiger partial charge in [0.15, 0.2) is 17.3 Å². The molecule has 0 aromatic heterocycles. The Labute approximate surface area is 137 Å². The number of aromatic hydroxyl groups is 1. The van der Waals surface area contributed by atoms with Crippen LogP contribution < -0.4 is 0 Å². The predicted octanol–water partition coefficient (Wildman–Crippen LogP) is 2.05. The lowest BCUT2D eigenvalue weighted by molar-refractivity contribution is 0.0409. The number of aliphatic hydroxyl groups is 1. The van der Waals surface area contributed by atoms with Crippen LogP contribution in [0.2, 0.25) is 0 Å². The summed E-state index contributed by atoms with van der Waals surface area (Å²) >= 11 is 0. The first-order valence-electron chi connectivity index (χ1n) is 7.63. The van der Waals surface area contributed by atoms with E-state index in [0.717, 1.165) is 0 Å². The first-order chi connectivity index (χ1) is 11.3. The Bertz CT molecular complexity index is 952. The van der Waals surface area contributed by atoms with E-state index in [0.29, 0.717) is 5.56 Å². The quantitative estimate of drug-likeness (QED) is 0.661. The summed E-state index contributed by atoms with van der Waals surface area (Å²) in [4.78, 5) is 38.2. The molecular formula is C19H14O5. The van der Waals surface area contributed by atoms with E-state index in [9.17, 15) is 24.6 Å². The molecule has 0 fully saturated rings. The second-order valence-electron chi connectivity index (χ2n) is 6.65. The Balaban J connectivity index is 2.02. The van der Waals surface area contributed by atoms with Gasteiger partial charge in [-0.3, -0.25) is 14.4 Å². The van der Waals surface area contributed by atoms with Gasteiger partial charge in [-0.2, -0.15) is 0 Å². The summed E-state index contributed by atoms with van der Waals surface area (Å²) in [5, 5.41) is 20.2. The molecule has 0 unspecified atom stereocenters. The standard InChI is InChI=1S/C19H14O5/c1-19(24)7-9-5-6-11-16(14(9)13(21)8-19)18(23)10-3-2-4-12(20)15(10)17(11)22/h2-6,20,24H,7-8H2,1H3/t19-/m1/s1. The molecule has 2 aliphatic rings. The van der Waals surface area contributed by atoms with Gasteiger partial charge < -0.3 is 10.2 Å². The second kappa shape index (κ2) is 4.61. The third-order valence-corrected chi connectivity index (χ3v) is 4.67. The second-order valence-corrected chi connectivity index (χ2v) is 6.65. The number of carbonyl (C=O) groups is 3. The van der Waals surface area contributed by atoms with E-state index in [2.05, 4.69) is 0 Å². The molecule has 5 heteroatoms. The van der Waals surface area contributed by atoms with Crippen molar-refractivity contribution in [2.45, 2.75) is 25.4 Å². The summed E-state index contributed by atoms with van der Waals surface area (Å²) in [6, 6.07) is 7.43. The van der Waals surface area contributed by atoms with Crippen LogP contribution in [0, 0.1) is 0 Å². The number of benzene rings is 2. The van der Waals surface area contributed by atoms with Gasteiger partial charge in [0.05, 0.1) is 11.2 Å². The lowest BCUT2D eigenvalue weighted by Crippen LogP contribution is -2.37. The number of hydrogen-bond donors (Lipinski definition) is 2. The number of hydrogen-bond acceptors (Lipinski definition) is 5. The molecule has 120 valence electrons. The number of fused-ring (bicyclic) bond motifs is 4. The molecule has 0 heterocycles. The number of rotatable bonds is 0. The van der Waals surface area contributed by atoms with Crippen molar-refractivity contribution in [2.24, 2.45) is 0 Å². The van der Waals surface area contributed by atoms with Crippen LogP contribution in [0.4, 0.5) is 0 Å². The fourth-order valence-corrected chi connectivity index (χ4v) is 3.68. The molecule has 2 aliphatic carbocycles. The summed E-state index contributed by atoms with van der Waals surface area (Å²) in [5.74, 6) is -1.50. The van der Waals surface area contributed by atoms with Crippen LogP contribution in [0.25, 0.3) is 0 Å². The molecule has 0 aliphatic heterocycles. The minimum atomic E-state index is -1.16. The zero-order chi connectivity index (χ0) is 17.2.